The van der Waals surface area contributed by atoms with E-state index in [2.05, 4.69) is 102 Å². The summed E-state index contributed by atoms with van der Waals surface area (Å²) in [5.74, 6) is -1.04. The van der Waals surface area contributed by atoms with Crippen molar-refractivity contribution in [2.45, 2.75) is 5.41 Å². The summed E-state index contributed by atoms with van der Waals surface area (Å²) in [5.41, 5.74) is 11.3. The van der Waals surface area contributed by atoms with Crippen LogP contribution in [0.1, 0.15) is 22.3 Å². The molecule has 0 aliphatic heterocycles. The van der Waals surface area contributed by atoms with Gasteiger partial charge in [0.2, 0.25) is 0 Å². The van der Waals surface area contributed by atoms with Crippen LogP contribution in [0.3, 0.4) is 0 Å². The predicted octanol–water partition coefficient (Wildman–Crippen LogP) is 8.89. The van der Waals surface area contributed by atoms with Crippen molar-refractivity contribution >= 4 is 28.8 Å². The van der Waals surface area contributed by atoms with Crippen molar-refractivity contribution in [3.8, 4) is 33.4 Å². The minimum atomic E-state index is -3.24. The molecule has 2 aliphatic rings. The highest BCUT2D eigenvalue weighted by molar-refractivity contribution is 7.19. The number of nitrogens with zero attached hydrogens (tertiary/aromatic N) is 1. The highest BCUT2D eigenvalue weighted by Crippen LogP contribution is 2.62. The van der Waals surface area contributed by atoms with Gasteiger partial charge in [0.05, 0.1) is 5.41 Å². The molecule has 1 heterocycles. The fraction of sp³-hybridized carbons (Fsp3) is 0.0208. The molecule has 0 unspecified atom stereocenters. The third-order valence-corrected chi connectivity index (χ3v) is 16.1. The van der Waals surface area contributed by atoms with Crippen LogP contribution in [0.15, 0.2) is 182 Å². The van der Waals surface area contributed by atoms with E-state index >= 15 is 0 Å². The van der Waals surface area contributed by atoms with Crippen LogP contribution in [-0.2, 0) is 5.41 Å². The van der Waals surface area contributed by atoms with Gasteiger partial charge in [-0.1, -0.05) is 121 Å². The monoisotopic (exact) mass is 705 g/mol. The molecule has 53 heavy (non-hydrogen) atoms. The summed E-state index contributed by atoms with van der Waals surface area (Å²) in [6, 6.07) is 54.6. The lowest BCUT2D eigenvalue weighted by Crippen LogP contribution is -2.74. The summed E-state index contributed by atoms with van der Waals surface area (Å²) in [6.07, 6.45) is 3.88. The molecule has 0 saturated carbocycles. The smallest absolute Gasteiger partial charge is 0.179 e. The second-order valence-corrected chi connectivity index (χ2v) is 17.7. The Morgan fingerprint density at radius 1 is 0.377 bits per heavy atom. The lowest BCUT2D eigenvalue weighted by molar-refractivity contribution is 0.628. The first kappa shape index (κ1) is 31.4. The van der Waals surface area contributed by atoms with E-state index < -0.39 is 13.5 Å². The Balaban J connectivity index is 1.23. The van der Waals surface area contributed by atoms with Gasteiger partial charge < -0.3 is 0 Å². The van der Waals surface area contributed by atoms with E-state index in [0.29, 0.717) is 0 Å². The fourth-order valence-corrected chi connectivity index (χ4v) is 13.9. The van der Waals surface area contributed by atoms with Gasteiger partial charge in [-0.25, -0.2) is 13.2 Å². The van der Waals surface area contributed by atoms with Crippen LogP contribution in [0.5, 0.6) is 0 Å². The Morgan fingerprint density at radius 3 is 1.43 bits per heavy atom. The molecule has 7 aromatic carbocycles. The lowest BCUT2D eigenvalue weighted by atomic mass is 9.70. The highest BCUT2D eigenvalue weighted by atomic mass is 28.3. The van der Waals surface area contributed by atoms with E-state index in [1.54, 1.807) is 0 Å². The molecule has 0 radical (unpaired) electrons. The quantitative estimate of drug-likeness (QED) is 0.129. The number of pyridine rings is 1. The molecule has 2 aliphatic carbocycles. The second-order valence-electron chi connectivity index (χ2n) is 13.9. The van der Waals surface area contributed by atoms with Crippen molar-refractivity contribution in [1.82, 2.24) is 4.98 Å². The number of aromatic nitrogens is 1. The Kier molecular flexibility index (Phi) is 7.04. The third-order valence-electron chi connectivity index (χ3n) is 11.4. The molecule has 0 fully saturated rings. The molecule has 0 amide bonds. The summed E-state index contributed by atoms with van der Waals surface area (Å²) >= 11 is 0. The van der Waals surface area contributed by atoms with Crippen molar-refractivity contribution in [3.05, 3.63) is 222 Å². The van der Waals surface area contributed by atoms with Crippen LogP contribution < -0.4 is 20.7 Å². The number of benzene rings is 7. The third kappa shape index (κ3) is 4.47. The van der Waals surface area contributed by atoms with Crippen molar-refractivity contribution < 1.29 is 13.2 Å². The fourth-order valence-electron chi connectivity index (χ4n) is 9.20. The van der Waals surface area contributed by atoms with Crippen LogP contribution in [0, 0.1) is 17.5 Å². The molecule has 5 heteroatoms. The number of hydrogen-bond donors (Lipinski definition) is 0. The molecule has 0 bridgehead atoms. The minimum Gasteiger partial charge on any atom is -0.264 e. The minimum absolute atomic E-state index is 0.345. The van der Waals surface area contributed by atoms with E-state index in [1.165, 1.54) is 69.8 Å². The molecule has 1 spiro atoms. The van der Waals surface area contributed by atoms with Crippen molar-refractivity contribution in [2.24, 2.45) is 0 Å². The number of hydrogen-bond acceptors (Lipinski definition) is 1. The molecule has 1 nitrogen and oxygen atoms in total. The maximum absolute atomic E-state index is 14.5. The maximum atomic E-state index is 14.5. The molecule has 1 aromatic heterocycles. The molecule has 8 aromatic rings. The van der Waals surface area contributed by atoms with Gasteiger partial charge in [0.25, 0.3) is 0 Å². The predicted molar refractivity (Wildman–Crippen MR) is 209 cm³/mol. The van der Waals surface area contributed by atoms with Gasteiger partial charge in [0, 0.05) is 18.0 Å². The molecule has 252 valence electrons. The first-order valence-corrected chi connectivity index (χ1v) is 19.7. The summed E-state index contributed by atoms with van der Waals surface area (Å²) in [4.78, 5) is 4.58. The Bertz CT molecular complexity index is 2530. The van der Waals surface area contributed by atoms with Crippen LogP contribution in [0.2, 0.25) is 0 Å². The van der Waals surface area contributed by atoms with Gasteiger partial charge in [0.15, 0.2) is 8.07 Å². The molecule has 0 atom stereocenters. The number of halogens is 3. The van der Waals surface area contributed by atoms with E-state index in [4.69, 9.17) is 0 Å². The van der Waals surface area contributed by atoms with Gasteiger partial charge in [0.1, 0.15) is 17.5 Å². The first-order valence-electron chi connectivity index (χ1n) is 17.7. The highest BCUT2D eigenvalue weighted by Gasteiger charge is 2.51. The molecular formula is C48H30F3NSi. The normalized spacial score (nSPS) is 13.3. The van der Waals surface area contributed by atoms with E-state index in [0.717, 1.165) is 43.0 Å². The number of rotatable bonds is 5. The van der Waals surface area contributed by atoms with Gasteiger partial charge in [-0.2, -0.15) is 0 Å². The summed E-state index contributed by atoms with van der Waals surface area (Å²) in [5, 5.41) is 3.73. The SMILES string of the molecule is Fc1ccc([Si](c2ccc(F)cc2)(c2ccc(F)cc2)c2cccc(-c3ccc4c(c3)C3(c5ccccc5-c5ccccc53)c3ccncc3-4)c2)cc1. The zero-order valence-corrected chi connectivity index (χ0v) is 29.4. The zero-order chi connectivity index (χ0) is 35.7. The summed E-state index contributed by atoms with van der Waals surface area (Å²) in [7, 11) is -3.24. The molecular weight excluding hydrogens is 676 g/mol. The molecule has 10 rings (SSSR count). The van der Waals surface area contributed by atoms with Crippen LogP contribution in [0.25, 0.3) is 33.4 Å². The van der Waals surface area contributed by atoms with Crippen LogP contribution >= 0.6 is 0 Å². The van der Waals surface area contributed by atoms with Gasteiger partial charge in [-0.05, 0) is 119 Å². The van der Waals surface area contributed by atoms with E-state index in [9.17, 15) is 13.2 Å². The summed E-state index contributed by atoms with van der Waals surface area (Å²) in [6.45, 7) is 0. The van der Waals surface area contributed by atoms with Crippen molar-refractivity contribution in [2.75, 3.05) is 0 Å². The van der Waals surface area contributed by atoms with E-state index in [-0.39, 0.29) is 17.5 Å². The Labute approximate surface area is 306 Å². The molecule has 0 saturated heterocycles. The average molecular weight is 706 g/mol. The largest absolute Gasteiger partial charge is 0.264 e. The van der Waals surface area contributed by atoms with Crippen LogP contribution in [0.4, 0.5) is 13.2 Å². The first-order chi connectivity index (χ1) is 26.0. The van der Waals surface area contributed by atoms with Gasteiger partial charge in [-0.3, -0.25) is 4.98 Å². The topological polar surface area (TPSA) is 12.9 Å². The summed E-state index contributed by atoms with van der Waals surface area (Å²) < 4.78 is 43.5. The number of fused-ring (bicyclic) bond motifs is 10. The van der Waals surface area contributed by atoms with Crippen LogP contribution in [-0.4, -0.2) is 13.1 Å². The molecule has 0 N–H and O–H groups in total. The van der Waals surface area contributed by atoms with Crippen molar-refractivity contribution in [1.29, 1.82) is 0 Å². The van der Waals surface area contributed by atoms with Crippen molar-refractivity contribution in [3.63, 3.8) is 0 Å². The van der Waals surface area contributed by atoms with Gasteiger partial charge in [-0.15, -0.1) is 0 Å². The lowest BCUT2D eigenvalue weighted by Gasteiger charge is -2.35. The Hall–Kier alpha value is -6.30. The zero-order valence-electron chi connectivity index (χ0n) is 28.4. The second kappa shape index (κ2) is 11.9. The average Bonchev–Trinajstić information content (AvgIpc) is 3.67. The Morgan fingerprint density at radius 2 is 0.868 bits per heavy atom. The standard InChI is InChI=1S/C48H30F3NSi/c49-33-13-19-36(20-14-33)53(37-21-15-34(50)16-22-37,38-23-17-35(51)18-24-38)39-7-5-6-31(28-39)32-12-25-42-43-30-52-27-26-46(43)48(47(42)29-32)44-10-3-1-8-40(44)41-9-2-4-11-45(41)48/h1-30H. The van der Waals surface area contributed by atoms with Gasteiger partial charge >= 0.3 is 0 Å². The van der Waals surface area contributed by atoms with E-state index in [1.807, 2.05) is 48.8 Å². The maximum Gasteiger partial charge on any atom is 0.179 e.